The van der Waals surface area contributed by atoms with Crippen LogP contribution in [0.3, 0.4) is 0 Å². The number of alkyl carbamates (subject to hydrolysis) is 1. The average Bonchev–Trinajstić information content (AvgIpc) is 2.65. The molecule has 1 saturated heterocycles. The Bertz CT molecular complexity index is 955. The van der Waals surface area contributed by atoms with E-state index in [4.69, 9.17) is 4.74 Å². The molecule has 2 aliphatic rings. The molecule has 2 unspecified atom stereocenters. The summed E-state index contributed by atoms with van der Waals surface area (Å²) in [6.45, 7) is 5.02. The molecule has 0 aromatic carbocycles. The van der Waals surface area contributed by atoms with Crippen molar-refractivity contribution in [1.29, 1.82) is 0 Å². The summed E-state index contributed by atoms with van der Waals surface area (Å²) in [5, 5.41) is 12.8. The highest BCUT2D eigenvalue weighted by Gasteiger charge is 2.57. The number of carboxylic acid groups (broad SMARTS) is 1. The first-order valence-electron chi connectivity index (χ1n) is 8.98. The van der Waals surface area contributed by atoms with E-state index in [1.165, 1.54) is 17.8 Å². The van der Waals surface area contributed by atoms with Crippen LogP contribution >= 0.6 is 11.8 Å². The molecule has 3 atom stereocenters. The van der Waals surface area contributed by atoms with Gasteiger partial charge in [-0.05, 0) is 50.0 Å². The van der Waals surface area contributed by atoms with Crippen LogP contribution in [0.4, 0.5) is 4.79 Å². The molecule has 0 aliphatic carbocycles. The molecular formula is C19H21N3O6S2. The van der Waals surface area contributed by atoms with E-state index in [1.54, 1.807) is 44.6 Å². The van der Waals surface area contributed by atoms with E-state index in [0.29, 0.717) is 0 Å². The minimum absolute atomic E-state index is 0.0489. The monoisotopic (exact) mass is 451 g/mol. The molecule has 0 spiro atoms. The van der Waals surface area contributed by atoms with Gasteiger partial charge in [0.2, 0.25) is 0 Å². The number of amides is 2. The Balaban J connectivity index is 1.78. The lowest BCUT2D eigenvalue weighted by molar-refractivity contribution is -0.149. The van der Waals surface area contributed by atoms with Crippen molar-refractivity contribution < 1.29 is 28.4 Å². The van der Waals surface area contributed by atoms with Crippen LogP contribution < -0.4 is 5.32 Å². The van der Waals surface area contributed by atoms with Crippen molar-refractivity contribution in [1.82, 2.24) is 15.2 Å². The maximum Gasteiger partial charge on any atom is 0.408 e. The van der Waals surface area contributed by atoms with Gasteiger partial charge in [-0.2, -0.15) is 0 Å². The topological polar surface area (TPSA) is 126 Å². The summed E-state index contributed by atoms with van der Waals surface area (Å²) in [7, 11) is -1.59. The van der Waals surface area contributed by atoms with Gasteiger partial charge in [-0.1, -0.05) is 11.8 Å². The maximum atomic E-state index is 12.7. The smallest absolute Gasteiger partial charge is 0.408 e. The highest BCUT2D eigenvalue weighted by Crippen LogP contribution is 2.36. The Hall–Kier alpha value is -2.66. The quantitative estimate of drug-likeness (QED) is 0.513. The third kappa shape index (κ3) is 4.73. The van der Waals surface area contributed by atoms with Crippen LogP contribution in [0.25, 0.3) is 0 Å². The van der Waals surface area contributed by atoms with E-state index in [-0.39, 0.29) is 17.0 Å². The van der Waals surface area contributed by atoms with E-state index in [2.05, 4.69) is 10.3 Å². The summed E-state index contributed by atoms with van der Waals surface area (Å²) in [4.78, 5) is 42.2. The minimum Gasteiger partial charge on any atom is -0.477 e. The molecule has 2 amide bonds. The van der Waals surface area contributed by atoms with Crippen molar-refractivity contribution in [3.8, 4) is 0 Å². The number of hydrogen-bond donors (Lipinski definition) is 2. The first-order chi connectivity index (χ1) is 14.1. The van der Waals surface area contributed by atoms with Gasteiger partial charge < -0.3 is 15.2 Å². The van der Waals surface area contributed by atoms with Crippen LogP contribution in [0.1, 0.15) is 20.8 Å². The number of β-lactam (4-membered cyclic amide) rings is 1. The van der Waals surface area contributed by atoms with E-state index in [1.807, 2.05) is 6.07 Å². The number of carboxylic acids is 1. The Kier molecular flexibility index (Phi) is 6.32. The van der Waals surface area contributed by atoms with Gasteiger partial charge in [0.05, 0.1) is 16.6 Å². The minimum atomic E-state index is -1.59. The van der Waals surface area contributed by atoms with Crippen molar-refractivity contribution in [3.63, 3.8) is 0 Å². The van der Waals surface area contributed by atoms with Gasteiger partial charge in [0.15, 0.2) is 0 Å². The molecule has 2 aliphatic heterocycles. The lowest BCUT2D eigenvalue weighted by atomic mass is 10.0. The van der Waals surface area contributed by atoms with Crippen LogP contribution in [0, 0.1) is 0 Å². The summed E-state index contributed by atoms with van der Waals surface area (Å²) >= 11 is 1.32. The zero-order valence-electron chi connectivity index (χ0n) is 16.5. The fourth-order valence-electron chi connectivity index (χ4n) is 2.98. The summed E-state index contributed by atoms with van der Waals surface area (Å²) in [6.07, 6.45) is 4.01. The van der Waals surface area contributed by atoms with Crippen LogP contribution in [0.5, 0.6) is 0 Å². The molecule has 3 heterocycles. The third-order valence-electron chi connectivity index (χ3n) is 4.14. The van der Waals surface area contributed by atoms with Gasteiger partial charge in [-0.3, -0.25) is 18.9 Å². The second-order valence-corrected chi connectivity index (χ2v) is 10.0. The van der Waals surface area contributed by atoms with E-state index >= 15 is 0 Å². The predicted octanol–water partition coefficient (Wildman–Crippen LogP) is 1.85. The van der Waals surface area contributed by atoms with Gasteiger partial charge in [-0.15, -0.1) is 0 Å². The maximum absolute atomic E-state index is 12.7. The summed E-state index contributed by atoms with van der Waals surface area (Å²) < 4.78 is 17.9. The van der Waals surface area contributed by atoms with Crippen molar-refractivity contribution in [2.75, 3.05) is 5.75 Å². The first-order valence-corrected chi connectivity index (χ1v) is 11.2. The zero-order valence-corrected chi connectivity index (χ0v) is 18.2. The lowest BCUT2D eigenvalue weighted by Gasteiger charge is -2.48. The van der Waals surface area contributed by atoms with E-state index in [0.717, 1.165) is 9.80 Å². The molecule has 0 bridgehead atoms. The molecule has 0 saturated carbocycles. The number of aliphatic carboxylic acids is 1. The van der Waals surface area contributed by atoms with Crippen LogP contribution in [0.2, 0.25) is 0 Å². The highest BCUT2D eigenvalue weighted by molar-refractivity contribution is 8.02. The molecule has 1 fully saturated rings. The molecular weight excluding hydrogens is 430 g/mol. The number of hydrogen-bond acceptors (Lipinski definition) is 7. The fourth-order valence-corrected chi connectivity index (χ4v) is 5.29. The van der Waals surface area contributed by atoms with Crippen molar-refractivity contribution in [3.05, 3.63) is 47.3 Å². The molecule has 9 nitrogen and oxygen atoms in total. The Morgan fingerprint density at radius 1 is 1.43 bits per heavy atom. The van der Waals surface area contributed by atoms with Crippen LogP contribution in [0.15, 0.2) is 52.2 Å². The number of carbonyl (C=O) groups excluding carboxylic acids is 2. The summed E-state index contributed by atoms with van der Waals surface area (Å²) in [6, 6.07) is 2.52. The second kappa shape index (κ2) is 8.60. The Labute approximate surface area is 180 Å². The standard InChI is InChI=1S/C19H21N3O6S2/c1-19(2,3)28-18(26)21-13-15(23)22-14(17(24)25)11(10-30(27)16(13)22)6-8-29-12-5-4-7-20-9-12/h4-9,13,16H,10H2,1-3H3,(H,21,26)(H,24,25)/t13?,16-,30?/m0/s1. The normalized spacial score (nSPS) is 23.8. The predicted molar refractivity (Wildman–Crippen MR) is 111 cm³/mol. The number of fused-ring (bicyclic) bond motifs is 1. The van der Waals surface area contributed by atoms with Gasteiger partial charge in [0, 0.05) is 17.3 Å². The molecule has 160 valence electrons. The summed E-state index contributed by atoms with van der Waals surface area (Å²) in [5.74, 6) is -1.99. The van der Waals surface area contributed by atoms with Crippen LogP contribution in [-0.2, 0) is 25.1 Å². The number of allylic oxidation sites excluding steroid dienone is 1. The number of ether oxygens (including phenoxy) is 1. The second-order valence-electron chi connectivity index (χ2n) is 7.54. The third-order valence-corrected chi connectivity index (χ3v) is 6.54. The Morgan fingerprint density at radius 3 is 2.77 bits per heavy atom. The molecule has 0 radical (unpaired) electrons. The number of rotatable bonds is 5. The number of nitrogens with one attached hydrogen (secondary N) is 1. The number of thioether (sulfide) groups is 1. The van der Waals surface area contributed by atoms with E-state index in [9.17, 15) is 23.7 Å². The van der Waals surface area contributed by atoms with Crippen molar-refractivity contribution in [2.45, 2.75) is 42.7 Å². The zero-order chi connectivity index (χ0) is 22.1. The molecule has 2 N–H and O–H groups in total. The van der Waals surface area contributed by atoms with E-state index < -0.39 is 45.8 Å². The SMILES string of the molecule is CC(C)(C)OC(=O)NC1C(=O)N2C(C(=O)O)=C(C=CSc3cccnc3)CS(=O)[C@@H]12. The molecule has 3 rings (SSSR count). The van der Waals surface area contributed by atoms with Crippen molar-refractivity contribution >= 4 is 40.5 Å². The van der Waals surface area contributed by atoms with Crippen molar-refractivity contribution in [2.24, 2.45) is 0 Å². The largest absolute Gasteiger partial charge is 0.477 e. The Morgan fingerprint density at radius 2 is 2.17 bits per heavy atom. The number of pyridine rings is 1. The lowest BCUT2D eigenvalue weighted by Crippen LogP contribution is -2.73. The van der Waals surface area contributed by atoms with Gasteiger partial charge >= 0.3 is 12.1 Å². The molecule has 11 heteroatoms. The number of carbonyl (C=O) groups is 3. The number of nitrogens with zero attached hydrogens (tertiary/aromatic N) is 2. The number of aromatic nitrogens is 1. The summed E-state index contributed by atoms with van der Waals surface area (Å²) in [5.41, 5.74) is -0.717. The fraction of sp³-hybridized carbons (Fsp3) is 0.368. The van der Waals surface area contributed by atoms with Gasteiger partial charge in [0.1, 0.15) is 22.7 Å². The highest BCUT2D eigenvalue weighted by atomic mass is 32.2. The average molecular weight is 452 g/mol. The van der Waals surface area contributed by atoms with Crippen LogP contribution in [-0.4, -0.2) is 59.9 Å². The van der Waals surface area contributed by atoms with Gasteiger partial charge in [-0.25, -0.2) is 9.59 Å². The first kappa shape index (κ1) is 22.0. The molecule has 1 aromatic rings. The molecule has 1 aromatic heterocycles. The molecule has 30 heavy (non-hydrogen) atoms. The van der Waals surface area contributed by atoms with Gasteiger partial charge in [0.25, 0.3) is 5.91 Å².